The summed E-state index contributed by atoms with van der Waals surface area (Å²) in [6, 6.07) is -0.421. The Labute approximate surface area is 134 Å². The van der Waals surface area contributed by atoms with E-state index in [-0.39, 0.29) is 23.0 Å². The molecule has 8 heteroatoms. The SMILES string of the molecule is CCC(C(=O)OC)N(c1nc(Cl)ncc1N=O)C1CCCC1. The van der Waals surface area contributed by atoms with Crippen LogP contribution in [-0.2, 0) is 9.53 Å². The summed E-state index contributed by atoms with van der Waals surface area (Å²) in [6.45, 7) is 1.89. The largest absolute Gasteiger partial charge is 0.467 e. The molecule has 0 N–H and O–H groups in total. The van der Waals surface area contributed by atoms with Gasteiger partial charge in [-0.15, -0.1) is 4.91 Å². The van der Waals surface area contributed by atoms with Gasteiger partial charge in [-0.1, -0.05) is 19.8 Å². The molecule has 0 radical (unpaired) electrons. The number of hydrogen-bond donors (Lipinski definition) is 0. The number of hydrogen-bond acceptors (Lipinski definition) is 7. The maximum atomic E-state index is 12.2. The maximum Gasteiger partial charge on any atom is 0.328 e. The number of rotatable bonds is 6. The molecule has 0 amide bonds. The van der Waals surface area contributed by atoms with Crippen molar-refractivity contribution in [1.29, 1.82) is 0 Å². The molecule has 1 aliphatic carbocycles. The van der Waals surface area contributed by atoms with Crippen LogP contribution in [0.3, 0.4) is 0 Å². The summed E-state index contributed by atoms with van der Waals surface area (Å²) in [5.41, 5.74) is 0.0821. The van der Waals surface area contributed by atoms with E-state index in [0.29, 0.717) is 12.2 Å². The zero-order valence-corrected chi connectivity index (χ0v) is 13.4. The molecule has 7 nitrogen and oxygen atoms in total. The van der Waals surface area contributed by atoms with Crippen LogP contribution < -0.4 is 4.90 Å². The van der Waals surface area contributed by atoms with Crippen LogP contribution in [0, 0.1) is 4.91 Å². The predicted molar refractivity (Wildman–Crippen MR) is 83.3 cm³/mol. The third-order valence-corrected chi connectivity index (χ3v) is 4.16. The minimum atomic E-state index is -0.528. The lowest BCUT2D eigenvalue weighted by atomic mass is 10.1. The molecule has 0 aromatic carbocycles. The first-order chi connectivity index (χ1) is 10.6. The first kappa shape index (κ1) is 16.6. The van der Waals surface area contributed by atoms with E-state index in [1.54, 1.807) is 0 Å². The molecule has 120 valence electrons. The van der Waals surface area contributed by atoms with Crippen molar-refractivity contribution in [1.82, 2.24) is 9.97 Å². The van der Waals surface area contributed by atoms with Crippen molar-refractivity contribution >= 4 is 29.1 Å². The summed E-state index contributed by atoms with van der Waals surface area (Å²) in [5.74, 6) is -0.0554. The van der Waals surface area contributed by atoms with Gasteiger partial charge in [-0.05, 0) is 36.0 Å². The summed E-state index contributed by atoms with van der Waals surface area (Å²) >= 11 is 5.88. The van der Waals surface area contributed by atoms with Gasteiger partial charge < -0.3 is 9.64 Å². The second-order valence-corrected chi connectivity index (χ2v) is 5.57. The van der Waals surface area contributed by atoms with Crippen LogP contribution in [0.5, 0.6) is 0 Å². The molecule has 22 heavy (non-hydrogen) atoms. The predicted octanol–water partition coefficient (Wildman–Crippen LogP) is 3.23. The lowest BCUT2D eigenvalue weighted by Gasteiger charge is -2.35. The second-order valence-electron chi connectivity index (χ2n) is 5.23. The molecule has 1 unspecified atom stereocenters. The second kappa shape index (κ2) is 7.49. The van der Waals surface area contributed by atoms with E-state index < -0.39 is 6.04 Å². The fraction of sp³-hybridized carbons (Fsp3) is 0.643. The van der Waals surface area contributed by atoms with Crippen molar-refractivity contribution in [3.63, 3.8) is 0 Å². The Hall–Kier alpha value is -1.76. The van der Waals surface area contributed by atoms with E-state index in [9.17, 15) is 9.70 Å². The molecule has 1 saturated carbocycles. The Kier molecular flexibility index (Phi) is 5.65. The van der Waals surface area contributed by atoms with Gasteiger partial charge in [-0.25, -0.2) is 9.78 Å². The number of carbonyl (C=O) groups is 1. The molecule has 1 aromatic rings. The zero-order chi connectivity index (χ0) is 16.1. The Balaban J connectivity index is 2.50. The summed E-state index contributed by atoms with van der Waals surface area (Å²) in [6.07, 6.45) is 5.80. The Bertz CT molecular complexity index is 549. The average molecular weight is 327 g/mol. The quantitative estimate of drug-likeness (QED) is 0.453. The number of carbonyl (C=O) groups excluding carboxylic acids is 1. The highest BCUT2D eigenvalue weighted by atomic mass is 35.5. The topological polar surface area (TPSA) is 84.8 Å². The molecule has 0 aliphatic heterocycles. The molecule has 0 spiro atoms. The zero-order valence-electron chi connectivity index (χ0n) is 12.7. The Morgan fingerprint density at radius 2 is 2.23 bits per heavy atom. The van der Waals surface area contributed by atoms with Crippen LogP contribution in [0.25, 0.3) is 0 Å². The highest BCUT2D eigenvalue weighted by Gasteiger charge is 2.35. The fourth-order valence-electron chi connectivity index (χ4n) is 2.97. The van der Waals surface area contributed by atoms with Gasteiger partial charge in [0.15, 0.2) is 11.5 Å². The number of nitrogens with zero attached hydrogens (tertiary/aromatic N) is 4. The smallest absolute Gasteiger partial charge is 0.328 e. The van der Waals surface area contributed by atoms with E-state index in [4.69, 9.17) is 16.3 Å². The van der Waals surface area contributed by atoms with Gasteiger partial charge in [-0.3, -0.25) is 0 Å². The maximum absolute atomic E-state index is 12.2. The van der Waals surface area contributed by atoms with Crippen LogP contribution in [0.2, 0.25) is 5.28 Å². The third-order valence-electron chi connectivity index (χ3n) is 3.98. The van der Waals surface area contributed by atoms with Crippen molar-refractivity contribution < 1.29 is 9.53 Å². The standard InChI is InChI=1S/C14H19ClN4O3/c1-3-11(13(20)22-2)19(9-6-4-5-7-9)12-10(18-21)8-16-14(15)17-12/h8-9,11H,3-7H2,1-2H3. The summed E-state index contributed by atoms with van der Waals surface area (Å²) in [7, 11) is 1.35. The monoisotopic (exact) mass is 326 g/mol. The summed E-state index contributed by atoms with van der Waals surface area (Å²) in [5, 5.41) is 3.00. The number of ether oxygens (including phenoxy) is 1. The van der Waals surface area contributed by atoms with E-state index >= 15 is 0 Å². The molecule has 2 rings (SSSR count). The molecule has 0 bridgehead atoms. The van der Waals surface area contributed by atoms with E-state index in [2.05, 4.69) is 15.1 Å². The molecule has 1 aromatic heterocycles. The number of halogens is 1. The summed E-state index contributed by atoms with van der Waals surface area (Å²) in [4.78, 5) is 33.0. The number of methoxy groups -OCH3 is 1. The normalized spacial score (nSPS) is 16.3. The molecule has 0 saturated heterocycles. The third kappa shape index (κ3) is 3.35. The van der Waals surface area contributed by atoms with Crippen molar-refractivity contribution in [3.8, 4) is 0 Å². The Morgan fingerprint density at radius 3 is 2.77 bits per heavy atom. The summed E-state index contributed by atoms with van der Waals surface area (Å²) < 4.78 is 4.90. The van der Waals surface area contributed by atoms with Gasteiger partial charge in [0.05, 0.1) is 13.3 Å². The van der Waals surface area contributed by atoms with Crippen LogP contribution in [0.15, 0.2) is 11.4 Å². The van der Waals surface area contributed by atoms with Gasteiger partial charge in [0.2, 0.25) is 5.28 Å². The lowest BCUT2D eigenvalue weighted by Crippen LogP contribution is -2.47. The van der Waals surface area contributed by atoms with E-state index in [1.807, 2.05) is 11.8 Å². The minimum absolute atomic E-state index is 0.0186. The first-order valence-corrected chi connectivity index (χ1v) is 7.72. The Morgan fingerprint density at radius 1 is 1.55 bits per heavy atom. The lowest BCUT2D eigenvalue weighted by molar-refractivity contribution is -0.142. The van der Waals surface area contributed by atoms with E-state index in [1.165, 1.54) is 13.3 Å². The number of nitroso groups, excluding NO2 is 1. The highest BCUT2D eigenvalue weighted by molar-refractivity contribution is 6.28. The molecular weight excluding hydrogens is 308 g/mol. The van der Waals surface area contributed by atoms with Crippen LogP contribution in [-0.4, -0.2) is 35.1 Å². The average Bonchev–Trinajstić information content (AvgIpc) is 3.05. The van der Waals surface area contributed by atoms with Crippen molar-refractivity contribution in [2.24, 2.45) is 5.18 Å². The highest BCUT2D eigenvalue weighted by Crippen LogP contribution is 2.35. The van der Waals surface area contributed by atoms with Gasteiger partial charge in [-0.2, -0.15) is 4.98 Å². The van der Waals surface area contributed by atoms with Crippen LogP contribution in [0.1, 0.15) is 39.0 Å². The molecule has 1 heterocycles. The minimum Gasteiger partial charge on any atom is -0.467 e. The van der Waals surface area contributed by atoms with Gasteiger partial charge >= 0.3 is 5.97 Å². The number of esters is 1. The molecule has 1 fully saturated rings. The number of aromatic nitrogens is 2. The fourth-order valence-corrected chi connectivity index (χ4v) is 3.10. The van der Waals surface area contributed by atoms with Crippen LogP contribution in [0.4, 0.5) is 11.5 Å². The van der Waals surface area contributed by atoms with Crippen molar-refractivity contribution in [2.45, 2.75) is 51.1 Å². The van der Waals surface area contributed by atoms with E-state index in [0.717, 1.165) is 25.7 Å². The molecular formula is C14H19ClN4O3. The first-order valence-electron chi connectivity index (χ1n) is 7.34. The van der Waals surface area contributed by atoms with Crippen molar-refractivity contribution in [2.75, 3.05) is 12.0 Å². The van der Waals surface area contributed by atoms with Crippen LogP contribution >= 0.6 is 11.6 Å². The van der Waals surface area contributed by atoms with Gasteiger partial charge in [0.1, 0.15) is 6.04 Å². The molecule has 1 aliphatic rings. The van der Waals surface area contributed by atoms with Crippen molar-refractivity contribution in [3.05, 3.63) is 16.4 Å². The van der Waals surface area contributed by atoms with Gasteiger partial charge in [0.25, 0.3) is 0 Å². The molecule has 1 atom stereocenters. The van der Waals surface area contributed by atoms with Gasteiger partial charge in [0, 0.05) is 6.04 Å². The number of anilines is 1.